The van der Waals surface area contributed by atoms with Crippen molar-refractivity contribution < 1.29 is 13.6 Å². The van der Waals surface area contributed by atoms with Gasteiger partial charge in [-0.3, -0.25) is 0 Å². The van der Waals surface area contributed by atoms with Crippen molar-refractivity contribution in [3.63, 3.8) is 0 Å². The summed E-state index contributed by atoms with van der Waals surface area (Å²) in [5.41, 5.74) is 0. The van der Waals surface area contributed by atoms with E-state index in [9.17, 15) is 0 Å². The van der Waals surface area contributed by atoms with E-state index in [2.05, 4.69) is 45.0 Å². The molecule has 1 aromatic rings. The highest BCUT2D eigenvalue weighted by molar-refractivity contribution is 6.81. The molecule has 0 atom stereocenters. The molecule has 4 heteroatoms. The zero-order valence-corrected chi connectivity index (χ0v) is 14.8. The molecule has 0 aliphatic carbocycles. The molecule has 0 N–H and O–H groups in total. The van der Waals surface area contributed by atoms with Crippen molar-refractivity contribution in [2.75, 3.05) is 26.4 Å². The van der Waals surface area contributed by atoms with Crippen molar-refractivity contribution in [1.29, 1.82) is 0 Å². The van der Waals surface area contributed by atoms with Gasteiger partial charge in [0, 0.05) is 32.5 Å². The SMILES string of the molecule is CCCOCC[Si](OCCC)(OCCC)c1ccccc1. The van der Waals surface area contributed by atoms with Gasteiger partial charge in [-0.15, -0.1) is 0 Å². The maximum atomic E-state index is 6.28. The lowest BCUT2D eigenvalue weighted by molar-refractivity contribution is 0.127. The average Bonchev–Trinajstić information content (AvgIpc) is 2.54. The van der Waals surface area contributed by atoms with Gasteiger partial charge in [0.1, 0.15) is 0 Å². The maximum absolute atomic E-state index is 6.28. The fourth-order valence-corrected chi connectivity index (χ4v) is 5.35. The lowest BCUT2D eigenvalue weighted by Gasteiger charge is -2.31. The van der Waals surface area contributed by atoms with Crippen LogP contribution in [-0.4, -0.2) is 35.0 Å². The van der Waals surface area contributed by atoms with Crippen LogP contribution in [-0.2, 0) is 13.6 Å². The van der Waals surface area contributed by atoms with Gasteiger partial charge in [0.15, 0.2) is 0 Å². The van der Waals surface area contributed by atoms with Crippen LogP contribution in [0.25, 0.3) is 0 Å². The summed E-state index contributed by atoms with van der Waals surface area (Å²) in [6.45, 7) is 9.42. The summed E-state index contributed by atoms with van der Waals surface area (Å²) in [5.74, 6) is 0. The van der Waals surface area contributed by atoms with Crippen LogP contribution in [0.1, 0.15) is 40.0 Å². The van der Waals surface area contributed by atoms with Crippen molar-refractivity contribution in [2.45, 2.75) is 46.1 Å². The average molecular weight is 311 g/mol. The molecule has 0 aliphatic rings. The Hall–Kier alpha value is -0.683. The minimum Gasteiger partial charge on any atom is -0.391 e. The highest BCUT2D eigenvalue weighted by Gasteiger charge is 2.39. The van der Waals surface area contributed by atoms with Crippen molar-refractivity contribution in [3.8, 4) is 0 Å². The second kappa shape index (κ2) is 11.0. The standard InChI is InChI=1S/C17H30O3Si/c1-4-12-18-15-16-21(19-13-5-2,20-14-6-3)17-10-8-7-9-11-17/h7-11H,4-6,12-16H2,1-3H3. The van der Waals surface area contributed by atoms with Gasteiger partial charge in [0.25, 0.3) is 0 Å². The summed E-state index contributed by atoms with van der Waals surface area (Å²) in [4.78, 5) is 0. The number of rotatable bonds is 12. The van der Waals surface area contributed by atoms with E-state index in [1.165, 1.54) is 5.19 Å². The second-order valence-corrected chi connectivity index (χ2v) is 8.34. The zero-order chi connectivity index (χ0) is 15.4. The van der Waals surface area contributed by atoms with Crippen LogP contribution in [0.5, 0.6) is 0 Å². The normalized spacial score (nSPS) is 11.8. The highest BCUT2D eigenvalue weighted by Crippen LogP contribution is 2.16. The third-order valence-electron chi connectivity index (χ3n) is 3.22. The first kappa shape index (κ1) is 18.4. The van der Waals surface area contributed by atoms with Crippen molar-refractivity contribution >= 4 is 13.7 Å². The Bertz CT molecular complexity index is 348. The Labute approximate surface area is 130 Å². The molecule has 1 aromatic carbocycles. The summed E-state index contributed by atoms with van der Waals surface area (Å²) in [7, 11) is -2.39. The molecule has 21 heavy (non-hydrogen) atoms. The quantitative estimate of drug-likeness (QED) is 0.436. The minimum absolute atomic E-state index is 0.711. The predicted octanol–water partition coefficient (Wildman–Crippen LogP) is 3.62. The Kier molecular flexibility index (Phi) is 9.59. The van der Waals surface area contributed by atoms with E-state index in [-0.39, 0.29) is 0 Å². The van der Waals surface area contributed by atoms with E-state index >= 15 is 0 Å². The van der Waals surface area contributed by atoms with Crippen LogP contribution >= 0.6 is 0 Å². The van der Waals surface area contributed by atoms with Crippen LogP contribution in [0.2, 0.25) is 6.04 Å². The molecule has 0 bridgehead atoms. The first-order valence-electron chi connectivity index (χ1n) is 8.20. The Morgan fingerprint density at radius 3 is 1.86 bits per heavy atom. The van der Waals surface area contributed by atoms with E-state index in [0.29, 0.717) is 6.61 Å². The molecule has 0 aliphatic heterocycles. The number of hydrogen-bond acceptors (Lipinski definition) is 3. The molecule has 1 rings (SSSR count). The van der Waals surface area contributed by atoms with Gasteiger partial charge in [0.2, 0.25) is 0 Å². The number of hydrogen-bond donors (Lipinski definition) is 0. The van der Waals surface area contributed by atoms with Crippen molar-refractivity contribution in [3.05, 3.63) is 30.3 Å². The Morgan fingerprint density at radius 1 is 0.762 bits per heavy atom. The first-order chi connectivity index (χ1) is 10.3. The Morgan fingerprint density at radius 2 is 1.33 bits per heavy atom. The molecule has 0 saturated carbocycles. The van der Waals surface area contributed by atoms with Gasteiger partial charge in [-0.2, -0.15) is 0 Å². The minimum atomic E-state index is -2.39. The second-order valence-electron chi connectivity index (χ2n) is 5.18. The maximum Gasteiger partial charge on any atom is 0.374 e. The van der Waals surface area contributed by atoms with Gasteiger partial charge in [-0.1, -0.05) is 51.1 Å². The topological polar surface area (TPSA) is 27.7 Å². The summed E-state index contributed by atoms with van der Waals surface area (Å²) < 4.78 is 18.3. The fourth-order valence-electron chi connectivity index (χ4n) is 2.18. The van der Waals surface area contributed by atoms with Crippen LogP contribution in [0.3, 0.4) is 0 Å². The molecule has 3 nitrogen and oxygen atoms in total. The van der Waals surface area contributed by atoms with Crippen LogP contribution < -0.4 is 5.19 Å². The molecule has 0 spiro atoms. The largest absolute Gasteiger partial charge is 0.391 e. The molecule has 0 heterocycles. The van der Waals surface area contributed by atoms with Gasteiger partial charge in [-0.25, -0.2) is 0 Å². The summed E-state index contributed by atoms with van der Waals surface area (Å²) in [6.07, 6.45) is 3.06. The van der Waals surface area contributed by atoms with E-state index < -0.39 is 8.56 Å². The van der Waals surface area contributed by atoms with Crippen molar-refractivity contribution in [1.82, 2.24) is 0 Å². The van der Waals surface area contributed by atoms with Crippen LogP contribution in [0, 0.1) is 0 Å². The molecule has 0 amide bonds. The smallest absolute Gasteiger partial charge is 0.374 e. The third-order valence-corrected chi connectivity index (χ3v) is 6.63. The van der Waals surface area contributed by atoms with Gasteiger partial charge < -0.3 is 13.6 Å². The van der Waals surface area contributed by atoms with Gasteiger partial charge in [0.05, 0.1) is 0 Å². The molecule has 0 fully saturated rings. The monoisotopic (exact) mass is 310 g/mol. The van der Waals surface area contributed by atoms with Crippen LogP contribution in [0.15, 0.2) is 30.3 Å². The van der Waals surface area contributed by atoms with E-state index in [1.54, 1.807) is 0 Å². The highest BCUT2D eigenvalue weighted by atomic mass is 28.4. The fraction of sp³-hybridized carbons (Fsp3) is 0.647. The van der Waals surface area contributed by atoms with E-state index in [1.807, 2.05) is 6.07 Å². The van der Waals surface area contributed by atoms with Crippen LogP contribution in [0.4, 0.5) is 0 Å². The van der Waals surface area contributed by atoms with Gasteiger partial charge >= 0.3 is 8.56 Å². The lowest BCUT2D eigenvalue weighted by Crippen LogP contribution is -2.54. The molecule has 0 aromatic heterocycles. The number of benzene rings is 1. The van der Waals surface area contributed by atoms with Crippen molar-refractivity contribution in [2.24, 2.45) is 0 Å². The number of ether oxygens (including phenoxy) is 1. The molecule has 0 saturated heterocycles. The molecule has 0 unspecified atom stereocenters. The van der Waals surface area contributed by atoms with E-state index in [4.69, 9.17) is 13.6 Å². The lowest BCUT2D eigenvalue weighted by atomic mass is 10.4. The first-order valence-corrected chi connectivity index (χ1v) is 10.2. The van der Waals surface area contributed by atoms with E-state index in [0.717, 1.165) is 45.1 Å². The van der Waals surface area contributed by atoms with Gasteiger partial charge in [-0.05, 0) is 24.4 Å². The molecular weight excluding hydrogens is 280 g/mol. The molecule has 0 radical (unpaired) electrons. The summed E-state index contributed by atoms with van der Waals surface area (Å²) >= 11 is 0. The third kappa shape index (κ3) is 6.30. The Balaban J connectivity index is 2.85. The molecule has 120 valence electrons. The summed E-state index contributed by atoms with van der Waals surface area (Å²) in [6, 6.07) is 11.3. The summed E-state index contributed by atoms with van der Waals surface area (Å²) in [5, 5.41) is 1.21. The molecular formula is C17H30O3Si. The predicted molar refractivity (Wildman–Crippen MR) is 90.2 cm³/mol. The zero-order valence-electron chi connectivity index (χ0n) is 13.8.